The van der Waals surface area contributed by atoms with Crippen LogP contribution in [-0.2, 0) is 20.9 Å². The van der Waals surface area contributed by atoms with Gasteiger partial charge in [-0.15, -0.1) is 11.3 Å². The SMILES string of the molecule is CCOC(=O)c1c(N)sc(C(=O)NC)c1COC(=O)COc1ccc(F)cc1. The molecule has 0 aliphatic heterocycles. The Morgan fingerprint density at radius 1 is 1.18 bits per heavy atom. The highest BCUT2D eigenvalue weighted by Gasteiger charge is 2.27. The van der Waals surface area contributed by atoms with Crippen LogP contribution in [0.4, 0.5) is 9.39 Å². The Morgan fingerprint density at radius 3 is 2.46 bits per heavy atom. The fourth-order valence-corrected chi connectivity index (χ4v) is 3.22. The summed E-state index contributed by atoms with van der Waals surface area (Å²) in [5.74, 6) is -2.07. The number of carbonyl (C=O) groups is 3. The Balaban J connectivity index is 2.10. The van der Waals surface area contributed by atoms with Crippen LogP contribution in [0.1, 0.15) is 32.5 Å². The van der Waals surface area contributed by atoms with E-state index in [0.29, 0.717) is 0 Å². The number of anilines is 1. The van der Waals surface area contributed by atoms with Gasteiger partial charge in [0.25, 0.3) is 5.91 Å². The number of nitrogen functional groups attached to an aromatic ring is 1. The molecule has 0 aliphatic carbocycles. The third-order valence-corrected chi connectivity index (χ3v) is 4.55. The van der Waals surface area contributed by atoms with Gasteiger partial charge in [0, 0.05) is 12.6 Å². The zero-order valence-corrected chi connectivity index (χ0v) is 16.1. The molecule has 1 heterocycles. The highest BCUT2D eigenvalue weighted by molar-refractivity contribution is 7.18. The zero-order chi connectivity index (χ0) is 20.7. The molecule has 0 atom stereocenters. The van der Waals surface area contributed by atoms with Crippen LogP contribution in [0, 0.1) is 5.82 Å². The van der Waals surface area contributed by atoms with E-state index in [1.807, 2.05) is 0 Å². The van der Waals surface area contributed by atoms with Crippen LogP contribution in [0.3, 0.4) is 0 Å². The van der Waals surface area contributed by atoms with E-state index in [4.69, 9.17) is 19.9 Å². The molecular weight excluding hydrogens is 391 g/mol. The summed E-state index contributed by atoms with van der Waals surface area (Å²) in [6.07, 6.45) is 0. The van der Waals surface area contributed by atoms with Crippen LogP contribution in [0.2, 0.25) is 0 Å². The molecule has 1 amide bonds. The van der Waals surface area contributed by atoms with Gasteiger partial charge in [-0.3, -0.25) is 4.79 Å². The van der Waals surface area contributed by atoms with E-state index in [1.165, 1.54) is 31.3 Å². The average Bonchev–Trinajstić information content (AvgIpc) is 3.01. The maximum atomic E-state index is 12.9. The number of nitrogens with one attached hydrogen (secondary N) is 1. The second kappa shape index (κ2) is 9.70. The van der Waals surface area contributed by atoms with E-state index in [9.17, 15) is 18.8 Å². The van der Waals surface area contributed by atoms with Crippen molar-refractivity contribution in [2.45, 2.75) is 13.5 Å². The molecule has 0 aliphatic rings. The van der Waals surface area contributed by atoms with Gasteiger partial charge in [0.1, 0.15) is 33.6 Å². The second-order valence-corrected chi connectivity index (χ2v) is 6.40. The molecule has 1 aromatic heterocycles. The minimum atomic E-state index is -0.744. The maximum absolute atomic E-state index is 12.9. The molecule has 8 nitrogen and oxygen atoms in total. The van der Waals surface area contributed by atoms with Crippen molar-refractivity contribution in [1.29, 1.82) is 0 Å². The molecule has 3 N–H and O–H groups in total. The number of ether oxygens (including phenoxy) is 3. The largest absolute Gasteiger partial charge is 0.482 e. The number of carbonyl (C=O) groups excluding carboxylic acids is 3. The summed E-state index contributed by atoms with van der Waals surface area (Å²) >= 11 is 0.898. The van der Waals surface area contributed by atoms with Gasteiger partial charge in [-0.1, -0.05) is 0 Å². The van der Waals surface area contributed by atoms with Crippen LogP contribution in [0.5, 0.6) is 5.75 Å². The summed E-state index contributed by atoms with van der Waals surface area (Å²) in [5.41, 5.74) is 6.02. The first-order chi connectivity index (χ1) is 13.4. The van der Waals surface area contributed by atoms with Crippen LogP contribution < -0.4 is 15.8 Å². The zero-order valence-electron chi connectivity index (χ0n) is 15.2. The van der Waals surface area contributed by atoms with Gasteiger partial charge in [-0.2, -0.15) is 0 Å². The fraction of sp³-hybridized carbons (Fsp3) is 0.278. The van der Waals surface area contributed by atoms with Gasteiger partial charge < -0.3 is 25.3 Å². The third kappa shape index (κ3) is 5.19. The molecule has 2 rings (SSSR count). The summed E-state index contributed by atoms with van der Waals surface area (Å²) in [7, 11) is 1.43. The number of hydrogen-bond acceptors (Lipinski definition) is 8. The van der Waals surface area contributed by atoms with Gasteiger partial charge in [0.2, 0.25) is 0 Å². The number of rotatable bonds is 8. The number of nitrogens with two attached hydrogens (primary N) is 1. The fourth-order valence-electron chi connectivity index (χ4n) is 2.21. The van der Waals surface area contributed by atoms with Crippen molar-refractivity contribution < 1.29 is 33.0 Å². The molecule has 0 spiro atoms. The lowest BCUT2D eigenvalue weighted by Crippen LogP contribution is -2.21. The van der Waals surface area contributed by atoms with Gasteiger partial charge in [0.15, 0.2) is 6.61 Å². The van der Waals surface area contributed by atoms with Crippen molar-refractivity contribution in [3.63, 3.8) is 0 Å². The Bertz CT molecular complexity index is 866. The number of thiophene rings is 1. The predicted octanol–water partition coefficient (Wildman–Crippen LogP) is 2.13. The molecule has 28 heavy (non-hydrogen) atoms. The molecule has 10 heteroatoms. The molecule has 150 valence electrons. The van der Waals surface area contributed by atoms with Gasteiger partial charge >= 0.3 is 11.9 Å². The van der Waals surface area contributed by atoms with Crippen LogP contribution >= 0.6 is 11.3 Å². The van der Waals surface area contributed by atoms with E-state index < -0.39 is 30.3 Å². The smallest absolute Gasteiger partial charge is 0.344 e. The summed E-state index contributed by atoms with van der Waals surface area (Å²) in [6.45, 7) is 0.951. The molecule has 0 fully saturated rings. The average molecular weight is 410 g/mol. The standard InChI is InChI=1S/C18H19FN2O6S/c1-3-25-18(24)14-12(15(17(23)21-2)28-16(14)20)8-27-13(22)9-26-11-6-4-10(19)5-7-11/h4-7H,3,8-9,20H2,1-2H3,(H,21,23). The normalized spacial score (nSPS) is 10.2. The maximum Gasteiger partial charge on any atom is 0.344 e. The monoisotopic (exact) mass is 410 g/mol. The van der Waals surface area contributed by atoms with Crippen molar-refractivity contribution in [1.82, 2.24) is 5.32 Å². The number of esters is 2. The van der Waals surface area contributed by atoms with Crippen molar-refractivity contribution in [3.05, 3.63) is 46.1 Å². The molecule has 2 aromatic rings. The Morgan fingerprint density at radius 2 is 1.86 bits per heavy atom. The van der Waals surface area contributed by atoms with Crippen LogP contribution in [0.25, 0.3) is 0 Å². The van der Waals surface area contributed by atoms with E-state index in [0.717, 1.165) is 11.3 Å². The van der Waals surface area contributed by atoms with E-state index in [2.05, 4.69) is 5.32 Å². The topological polar surface area (TPSA) is 117 Å². The van der Waals surface area contributed by atoms with Crippen molar-refractivity contribution in [2.24, 2.45) is 0 Å². The molecule has 0 saturated carbocycles. The number of amides is 1. The lowest BCUT2D eigenvalue weighted by Gasteiger charge is -2.09. The van der Waals surface area contributed by atoms with E-state index in [-0.39, 0.29) is 40.0 Å². The van der Waals surface area contributed by atoms with Crippen molar-refractivity contribution >= 4 is 34.2 Å². The quantitative estimate of drug-likeness (QED) is 0.640. The molecule has 1 aromatic carbocycles. The molecule has 0 saturated heterocycles. The van der Waals surface area contributed by atoms with Gasteiger partial charge in [0.05, 0.1) is 6.61 Å². The van der Waals surface area contributed by atoms with Crippen molar-refractivity contribution in [3.8, 4) is 5.75 Å². The summed E-state index contributed by atoms with van der Waals surface area (Å²) < 4.78 is 28.1. The van der Waals surface area contributed by atoms with Crippen LogP contribution in [-0.4, -0.2) is 38.1 Å². The van der Waals surface area contributed by atoms with E-state index >= 15 is 0 Å². The molecule has 0 radical (unpaired) electrons. The molecular formula is C18H19FN2O6S. The Labute approximate surface area is 164 Å². The second-order valence-electron chi connectivity index (χ2n) is 5.35. The Kier molecular flexibility index (Phi) is 7.33. The summed E-state index contributed by atoms with van der Waals surface area (Å²) in [5, 5.41) is 2.53. The third-order valence-electron chi connectivity index (χ3n) is 3.49. The lowest BCUT2D eigenvalue weighted by atomic mass is 10.1. The summed E-state index contributed by atoms with van der Waals surface area (Å²) in [4.78, 5) is 36.3. The number of halogens is 1. The number of hydrogen-bond donors (Lipinski definition) is 2. The minimum Gasteiger partial charge on any atom is -0.482 e. The van der Waals surface area contributed by atoms with E-state index in [1.54, 1.807) is 6.92 Å². The molecule has 0 bridgehead atoms. The summed E-state index contributed by atoms with van der Waals surface area (Å²) in [6, 6.07) is 5.11. The molecule has 0 unspecified atom stereocenters. The van der Waals surface area contributed by atoms with Gasteiger partial charge in [-0.25, -0.2) is 14.0 Å². The highest BCUT2D eigenvalue weighted by atomic mass is 32.1. The Hall–Kier alpha value is -3.14. The highest BCUT2D eigenvalue weighted by Crippen LogP contribution is 2.32. The first-order valence-corrected chi connectivity index (χ1v) is 9.03. The van der Waals surface area contributed by atoms with Gasteiger partial charge in [-0.05, 0) is 31.2 Å². The first kappa shape index (κ1) is 21.2. The minimum absolute atomic E-state index is 0.00213. The lowest BCUT2D eigenvalue weighted by molar-refractivity contribution is -0.147. The number of benzene rings is 1. The van der Waals surface area contributed by atoms with Crippen LogP contribution in [0.15, 0.2) is 24.3 Å². The first-order valence-electron chi connectivity index (χ1n) is 8.21. The predicted molar refractivity (Wildman–Crippen MR) is 99.8 cm³/mol. The van der Waals surface area contributed by atoms with Crippen molar-refractivity contribution in [2.75, 3.05) is 26.0 Å².